The number of hydrogen-bond acceptors (Lipinski definition) is 6. The number of unbranched alkanes of at least 4 members (excludes halogenated alkanes) is 1. The van der Waals surface area contributed by atoms with Crippen molar-refractivity contribution in [3.8, 4) is 5.75 Å². The summed E-state index contributed by atoms with van der Waals surface area (Å²) in [6.45, 7) is 7.85. The number of nitrogens with zero attached hydrogens (tertiary/aromatic N) is 1. The molecule has 0 saturated heterocycles. The fourth-order valence-electron chi connectivity index (χ4n) is 3.30. The van der Waals surface area contributed by atoms with Crippen LogP contribution in [-0.2, 0) is 16.0 Å². The standard InChI is InChI=1S/C22H27NO5S/c1-4-7-12-23-16-11-9-8-10-15(16)19-17(21(23)24)18(28-14-13-26-5-2)20(29-19)22(25)27-6-3/h8-11H,4-7,12-14H2,1-3H3. The van der Waals surface area contributed by atoms with Gasteiger partial charge in [-0.15, -0.1) is 11.3 Å². The summed E-state index contributed by atoms with van der Waals surface area (Å²) in [6.07, 6.45) is 1.87. The highest BCUT2D eigenvalue weighted by atomic mass is 32.1. The molecule has 0 spiro atoms. The smallest absolute Gasteiger partial charge is 0.352 e. The second-order valence-electron chi connectivity index (χ2n) is 6.56. The highest BCUT2D eigenvalue weighted by molar-refractivity contribution is 7.22. The van der Waals surface area contributed by atoms with Crippen LogP contribution in [0, 0.1) is 0 Å². The van der Waals surface area contributed by atoms with Gasteiger partial charge in [-0.3, -0.25) is 4.79 Å². The number of para-hydroxylation sites is 1. The Hall–Kier alpha value is -2.38. The molecule has 0 aliphatic rings. The van der Waals surface area contributed by atoms with E-state index in [0.717, 1.165) is 28.4 Å². The number of hydrogen-bond donors (Lipinski definition) is 0. The third kappa shape index (κ3) is 4.31. The average Bonchev–Trinajstić information content (AvgIpc) is 3.11. The summed E-state index contributed by atoms with van der Waals surface area (Å²) in [5.74, 6) is -0.159. The summed E-state index contributed by atoms with van der Waals surface area (Å²) >= 11 is 1.26. The number of esters is 1. The van der Waals surface area contributed by atoms with Crippen LogP contribution >= 0.6 is 11.3 Å². The Morgan fingerprint density at radius 1 is 1.10 bits per heavy atom. The molecule has 156 valence electrons. The molecular weight excluding hydrogens is 390 g/mol. The summed E-state index contributed by atoms with van der Waals surface area (Å²) in [7, 11) is 0. The summed E-state index contributed by atoms with van der Waals surface area (Å²) in [5.41, 5.74) is 0.737. The number of rotatable bonds is 10. The SMILES string of the molecule is CCCCn1c(=O)c2c(OCCOCC)c(C(=O)OCC)sc2c2ccccc21. The number of aromatic nitrogens is 1. The van der Waals surface area contributed by atoms with Crippen LogP contribution < -0.4 is 10.3 Å². The molecule has 0 saturated carbocycles. The van der Waals surface area contributed by atoms with E-state index in [-0.39, 0.29) is 18.8 Å². The second kappa shape index (κ2) is 9.89. The van der Waals surface area contributed by atoms with Crippen LogP contribution in [0.5, 0.6) is 5.75 Å². The number of benzene rings is 1. The van der Waals surface area contributed by atoms with Gasteiger partial charge in [-0.05, 0) is 26.3 Å². The molecule has 2 aromatic heterocycles. The maximum Gasteiger partial charge on any atom is 0.352 e. The van der Waals surface area contributed by atoms with E-state index >= 15 is 0 Å². The van der Waals surface area contributed by atoms with Gasteiger partial charge in [-0.2, -0.15) is 0 Å². The van der Waals surface area contributed by atoms with Gasteiger partial charge in [0, 0.05) is 18.5 Å². The quantitative estimate of drug-likeness (QED) is 0.356. The molecule has 0 unspecified atom stereocenters. The molecule has 1 aromatic carbocycles. The largest absolute Gasteiger partial charge is 0.489 e. The van der Waals surface area contributed by atoms with E-state index in [1.165, 1.54) is 11.3 Å². The van der Waals surface area contributed by atoms with E-state index in [1.807, 2.05) is 31.2 Å². The highest BCUT2D eigenvalue weighted by Crippen LogP contribution is 2.40. The minimum absolute atomic E-state index is 0.134. The zero-order chi connectivity index (χ0) is 20.8. The lowest BCUT2D eigenvalue weighted by Gasteiger charge is -2.12. The first-order valence-electron chi connectivity index (χ1n) is 10.1. The molecule has 0 radical (unpaired) electrons. The lowest BCUT2D eigenvalue weighted by Crippen LogP contribution is -2.21. The number of carbonyl (C=O) groups excluding carboxylic acids is 1. The third-order valence-electron chi connectivity index (χ3n) is 4.64. The van der Waals surface area contributed by atoms with Crippen molar-refractivity contribution in [1.82, 2.24) is 4.57 Å². The zero-order valence-corrected chi connectivity index (χ0v) is 18.0. The van der Waals surface area contributed by atoms with E-state index in [1.54, 1.807) is 11.5 Å². The van der Waals surface area contributed by atoms with E-state index in [0.29, 0.717) is 35.8 Å². The molecule has 7 heteroatoms. The van der Waals surface area contributed by atoms with Gasteiger partial charge in [-0.25, -0.2) is 4.79 Å². The van der Waals surface area contributed by atoms with Gasteiger partial charge in [0.2, 0.25) is 0 Å². The minimum atomic E-state index is -0.469. The lowest BCUT2D eigenvalue weighted by molar-refractivity contribution is 0.0525. The summed E-state index contributed by atoms with van der Waals surface area (Å²) < 4.78 is 19.0. The van der Waals surface area contributed by atoms with Crippen LogP contribution in [-0.4, -0.2) is 37.0 Å². The molecule has 6 nitrogen and oxygen atoms in total. The molecule has 0 aliphatic carbocycles. The molecule has 0 amide bonds. The first-order valence-corrected chi connectivity index (χ1v) is 10.9. The predicted molar refractivity (Wildman–Crippen MR) is 116 cm³/mol. The van der Waals surface area contributed by atoms with E-state index in [2.05, 4.69) is 6.92 Å². The lowest BCUT2D eigenvalue weighted by atomic mass is 10.1. The number of carbonyl (C=O) groups is 1. The molecule has 3 aromatic rings. The molecule has 0 atom stereocenters. The molecular formula is C22H27NO5S. The van der Waals surface area contributed by atoms with Gasteiger partial charge < -0.3 is 18.8 Å². The summed E-state index contributed by atoms with van der Waals surface area (Å²) in [4.78, 5) is 26.4. The monoisotopic (exact) mass is 417 g/mol. The average molecular weight is 418 g/mol. The number of aryl methyl sites for hydroxylation is 1. The Bertz CT molecular complexity index is 1050. The molecule has 0 fully saturated rings. The number of fused-ring (bicyclic) bond motifs is 3. The maximum atomic E-state index is 13.5. The number of pyridine rings is 1. The Labute approximate surface area is 174 Å². The van der Waals surface area contributed by atoms with Crippen molar-refractivity contribution in [2.75, 3.05) is 26.4 Å². The van der Waals surface area contributed by atoms with Crippen molar-refractivity contribution in [2.45, 2.75) is 40.2 Å². The molecule has 0 N–H and O–H groups in total. The highest BCUT2D eigenvalue weighted by Gasteiger charge is 2.26. The maximum absolute atomic E-state index is 13.5. The van der Waals surface area contributed by atoms with E-state index < -0.39 is 5.97 Å². The Morgan fingerprint density at radius 3 is 2.62 bits per heavy atom. The Balaban J connectivity index is 2.25. The van der Waals surface area contributed by atoms with E-state index in [9.17, 15) is 9.59 Å². The fourth-order valence-corrected chi connectivity index (χ4v) is 4.46. The van der Waals surface area contributed by atoms with Crippen molar-refractivity contribution in [1.29, 1.82) is 0 Å². The topological polar surface area (TPSA) is 66.8 Å². The van der Waals surface area contributed by atoms with Crippen LogP contribution in [0.3, 0.4) is 0 Å². The van der Waals surface area contributed by atoms with Gasteiger partial charge in [0.1, 0.15) is 12.0 Å². The fraction of sp³-hybridized carbons (Fsp3) is 0.455. The van der Waals surface area contributed by atoms with Gasteiger partial charge >= 0.3 is 5.97 Å². The first kappa shape index (κ1) is 21.3. The van der Waals surface area contributed by atoms with Crippen molar-refractivity contribution in [3.63, 3.8) is 0 Å². The van der Waals surface area contributed by atoms with Crippen molar-refractivity contribution >= 4 is 38.3 Å². The first-order chi connectivity index (χ1) is 14.1. The number of ether oxygens (including phenoxy) is 3. The zero-order valence-electron chi connectivity index (χ0n) is 17.2. The van der Waals surface area contributed by atoms with Crippen LogP contribution in [0.2, 0.25) is 0 Å². The summed E-state index contributed by atoms with van der Waals surface area (Å²) in [6, 6.07) is 7.80. The van der Waals surface area contributed by atoms with Gasteiger partial charge in [0.05, 0.1) is 23.4 Å². The number of thiophene rings is 1. The molecule has 0 aliphatic heterocycles. The normalized spacial score (nSPS) is 11.3. The van der Waals surface area contributed by atoms with E-state index in [4.69, 9.17) is 14.2 Å². The summed E-state index contributed by atoms with van der Waals surface area (Å²) in [5, 5.41) is 1.39. The van der Waals surface area contributed by atoms with Crippen LogP contribution in [0.4, 0.5) is 0 Å². The molecule has 3 rings (SSSR count). The van der Waals surface area contributed by atoms with Crippen LogP contribution in [0.15, 0.2) is 29.1 Å². The molecule has 0 bridgehead atoms. The minimum Gasteiger partial charge on any atom is -0.489 e. The second-order valence-corrected chi connectivity index (χ2v) is 7.58. The predicted octanol–water partition coefficient (Wildman–Crippen LogP) is 4.61. The molecule has 2 heterocycles. The van der Waals surface area contributed by atoms with Crippen molar-refractivity contribution in [2.24, 2.45) is 0 Å². The van der Waals surface area contributed by atoms with Gasteiger partial charge in [0.15, 0.2) is 10.6 Å². The third-order valence-corrected chi connectivity index (χ3v) is 5.82. The van der Waals surface area contributed by atoms with Crippen LogP contribution in [0.1, 0.15) is 43.3 Å². The van der Waals surface area contributed by atoms with Crippen molar-refractivity contribution in [3.05, 3.63) is 39.5 Å². The van der Waals surface area contributed by atoms with Gasteiger partial charge in [-0.1, -0.05) is 31.5 Å². The van der Waals surface area contributed by atoms with Gasteiger partial charge in [0.25, 0.3) is 5.56 Å². The van der Waals surface area contributed by atoms with Crippen LogP contribution in [0.25, 0.3) is 21.0 Å². The van der Waals surface area contributed by atoms with Crippen molar-refractivity contribution < 1.29 is 19.0 Å². The molecule has 29 heavy (non-hydrogen) atoms. The Morgan fingerprint density at radius 2 is 1.90 bits per heavy atom. The Kier molecular flexibility index (Phi) is 7.28.